The van der Waals surface area contributed by atoms with E-state index in [9.17, 15) is 5.26 Å². The van der Waals surface area contributed by atoms with Crippen LogP contribution in [0, 0.1) is 18.3 Å². The molecule has 0 aliphatic carbocycles. The summed E-state index contributed by atoms with van der Waals surface area (Å²) in [6.07, 6.45) is 0. The van der Waals surface area contributed by atoms with Crippen LogP contribution in [0.5, 0.6) is 23.1 Å². The quantitative estimate of drug-likeness (QED) is 0.637. The average molecular weight is 420 g/mol. The molecule has 0 fully saturated rings. The number of nitriles is 1. The van der Waals surface area contributed by atoms with Crippen molar-refractivity contribution in [3.8, 4) is 29.2 Å². The van der Waals surface area contributed by atoms with E-state index in [4.69, 9.17) is 25.7 Å². The van der Waals surface area contributed by atoms with E-state index in [0.717, 1.165) is 10.5 Å². The molecule has 2 heterocycles. The third-order valence-electron chi connectivity index (χ3n) is 4.92. The van der Waals surface area contributed by atoms with Crippen LogP contribution in [-0.2, 0) is 0 Å². The highest BCUT2D eigenvalue weighted by Crippen LogP contribution is 2.55. The zero-order valence-corrected chi connectivity index (χ0v) is 17.5. The molecule has 0 bridgehead atoms. The Labute approximate surface area is 178 Å². The van der Waals surface area contributed by atoms with Crippen molar-refractivity contribution in [2.45, 2.75) is 17.1 Å². The van der Waals surface area contributed by atoms with E-state index in [1.807, 2.05) is 43.3 Å². The lowest BCUT2D eigenvalue weighted by atomic mass is 9.98. The highest BCUT2D eigenvalue weighted by atomic mass is 32.2. The number of anilines is 2. The van der Waals surface area contributed by atoms with Crippen molar-refractivity contribution in [3.05, 3.63) is 58.7 Å². The number of aromatic nitrogens is 1. The summed E-state index contributed by atoms with van der Waals surface area (Å²) in [5.41, 5.74) is 15.4. The molecule has 30 heavy (non-hydrogen) atoms. The van der Waals surface area contributed by atoms with Gasteiger partial charge in [-0.3, -0.25) is 0 Å². The van der Waals surface area contributed by atoms with Crippen LogP contribution in [0.1, 0.15) is 27.5 Å². The number of thioether (sulfide) groups is 1. The Kier molecular flexibility index (Phi) is 5.06. The van der Waals surface area contributed by atoms with E-state index in [1.165, 1.54) is 5.56 Å². The molecule has 7 nitrogen and oxygen atoms in total. The van der Waals surface area contributed by atoms with E-state index in [1.54, 1.807) is 32.0 Å². The molecule has 1 aliphatic heterocycles. The van der Waals surface area contributed by atoms with Crippen LogP contribution in [0.4, 0.5) is 11.5 Å². The summed E-state index contributed by atoms with van der Waals surface area (Å²) in [6, 6.07) is 13.8. The number of nitrogens with zero attached hydrogens (tertiary/aromatic N) is 2. The van der Waals surface area contributed by atoms with Gasteiger partial charge < -0.3 is 25.7 Å². The molecule has 0 saturated heterocycles. The predicted octanol–water partition coefficient (Wildman–Crippen LogP) is 4.43. The Balaban J connectivity index is 1.94. The second-order valence-electron chi connectivity index (χ2n) is 6.77. The Bertz CT molecular complexity index is 1170. The lowest BCUT2D eigenvalue weighted by molar-refractivity contribution is 0.349. The van der Waals surface area contributed by atoms with Gasteiger partial charge in [0, 0.05) is 16.5 Å². The molecule has 0 spiro atoms. The third kappa shape index (κ3) is 3.23. The highest BCUT2D eigenvalue weighted by molar-refractivity contribution is 7.99. The zero-order chi connectivity index (χ0) is 21.4. The monoisotopic (exact) mass is 420 g/mol. The van der Waals surface area contributed by atoms with Gasteiger partial charge >= 0.3 is 0 Å². The van der Waals surface area contributed by atoms with E-state index < -0.39 is 0 Å². The van der Waals surface area contributed by atoms with Gasteiger partial charge in [-0.25, -0.2) is 0 Å². The van der Waals surface area contributed by atoms with Crippen molar-refractivity contribution in [2.24, 2.45) is 0 Å². The van der Waals surface area contributed by atoms with Crippen LogP contribution in [0.15, 0.2) is 41.3 Å². The molecule has 1 unspecified atom stereocenters. The molecular weight excluding hydrogens is 400 g/mol. The first kappa shape index (κ1) is 19.7. The first-order valence-electron chi connectivity index (χ1n) is 9.12. The molecule has 1 aromatic heterocycles. The summed E-state index contributed by atoms with van der Waals surface area (Å²) in [4.78, 5) is 5.35. The fourth-order valence-corrected chi connectivity index (χ4v) is 4.59. The van der Waals surface area contributed by atoms with Crippen LogP contribution < -0.4 is 25.7 Å². The van der Waals surface area contributed by atoms with Crippen LogP contribution in [0.25, 0.3) is 0 Å². The number of methoxy groups -OCH3 is 2. The third-order valence-corrected chi connectivity index (χ3v) is 6.19. The van der Waals surface area contributed by atoms with Crippen LogP contribution >= 0.6 is 11.8 Å². The molecule has 1 atom stereocenters. The normalized spacial score (nSPS) is 14.1. The van der Waals surface area contributed by atoms with Gasteiger partial charge in [-0.1, -0.05) is 17.7 Å². The Morgan fingerprint density at radius 2 is 1.77 bits per heavy atom. The lowest BCUT2D eigenvalue weighted by Gasteiger charge is -2.29. The summed E-state index contributed by atoms with van der Waals surface area (Å²) < 4.78 is 16.9. The van der Waals surface area contributed by atoms with Gasteiger partial charge in [0.2, 0.25) is 5.88 Å². The Hall–Kier alpha value is -3.57. The Morgan fingerprint density at radius 3 is 2.40 bits per heavy atom. The highest BCUT2D eigenvalue weighted by Gasteiger charge is 2.34. The number of benzene rings is 2. The maximum atomic E-state index is 9.52. The summed E-state index contributed by atoms with van der Waals surface area (Å²) in [6.45, 7) is 2.04. The fraction of sp³-hybridized carbons (Fsp3) is 0.182. The molecule has 0 amide bonds. The fourth-order valence-electron chi connectivity index (χ4n) is 3.37. The Morgan fingerprint density at radius 1 is 1.10 bits per heavy atom. The maximum absolute atomic E-state index is 9.52. The van der Waals surface area contributed by atoms with Gasteiger partial charge in [0.25, 0.3) is 0 Å². The molecule has 0 saturated carbocycles. The van der Waals surface area contributed by atoms with Crippen molar-refractivity contribution < 1.29 is 14.2 Å². The number of fused-ring (bicyclic) bond motifs is 2. The number of nitrogen functional groups attached to an aromatic ring is 2. The minimum Gasteiger partial charge on any atom is -0.493 e. The van der Waals surface area contributed by atoms with Crippen molar-refractivity contribution in [2.75, 3.05) is 25.7 Å². The molecule has 8 heteroatoms. The van der Waals surface area contributed by atoms with Gasteiger partial charge in [0.05, 0.1) is 30.7 Å². The van der Waals surface area contributed by atoms with Gasteiger partial charge in [-0.2, -0.15) is 10.2 Å². The van der Waals surface area contributed by atoms with Crippen molar-refractivity contribution >= 4 is 23.3 Å². The molecule has 3 aromatic rings. The second kappa shape index (κ2) is 7.69. The van der Waals surface area contributed by atoms with Gasteiger partial charge in [0.1, 0.15) is 23.2 Å². The lowest BCUT2D eigenvalue weighted by Crippen LogP contribution is -2.15. The van der Waals surface area contributed by atoms with Crippen molar-refractivity contribution in [1.29, 1.82) is 5.26 Å². The predicted molar refractivity (Wildman–Crippen MR) is 116 cm³/mol. The van der Waals surface area contributed by atoms with Gasteiger partial charge in [-0.05, 0) is 25.1 Å². The second-order valence-corrected chi connectivity index (χ2v) is 7.95. The smallest absolute Gasteiger partial charge is 0.228 e. The molecular formula is C22H20N4O3S. The maximum Gasteiger partial charge on any atom is 0.228 e. The number of hydrogen-bond acceptors (Lipinski definition) is 8. The van der Waals surface area contributed by atoms with Crippen LogP contribution in [-0.4, -0.2) is 19.2 Å². The summed E-state index contributed by atoms with van der Waals surface area (Å²) in [5.74, 6) is 2.00. The topological polar surface area (TPSA) is 116 Å². The average Bonchev–Trinajstić information content (AvgIpc) is 2.74. The zero-order valence-electron chi connectivity index (χ0n) is 16.7. The molecule has 0 radical (unpaired) electrons. The van der Waals surface area contributed by atoms with Crippen LogP contribution in [0.2, 0.25) is 0 Å². The molecule has 2 aromatic carbocycles. The van der Waals surface area contributed by atoms with E-state index in [-0.39, 0.29) is 28.2 Å². The summed E-state index contributed by atoms with van der Waals surface area (Å²) >= 11 is 1.58. The minimum absolute atomic E-state index is 0.0387. The first-order chi connectivity index (χ1) is 14.5. The number of rotatable bonds is 4. The number of nitrogens with two attached hydrogens (primary N) is 2. The van der Waals surface area contributed by atoms with Gasteiger partial charge in [0.15, 0.2) is 11.5 Å². The van der Waals surface area contributed by atoms with Gasteiger partial charge in [-0.15, -0.1) is 11.8 Å². The number of hydrogen-bond donors (Lipinski definition) is 2. The van der Waals surface area contributed by atoms with Crippen LogP contribution in [0.3, 0.4) is 0 Å². The van der Waals surface area contributed by atoms with E-state index in [0.29, 0.717) is 22.8 Å². The molecule has 152 valence electrons. The standard InChI is InChI=1S/C22H20N4O3S/c1-11-4-6-12(7-5-11)30-20-13-8-16(27-2)17(28-3)9-15(13)29-22-18(20)19(24)14(10-23)21(25)26-22/h4-9,20H,1-3H3,(H4,24,25,26). The molecule has 1 aliphatic rings. The number of ether oxygens (including phenoxy) is 3. The molecule has 4 rings (SSSR count). The summed E-state index contributed by atoms with van der Waals surface area (Å²) in [7, 11) is 3.14. The molecule has 4 N–H and O–H groups in total. The number of aryl methyl sites for hydroxylation is 1. The van der Waals surface area contributed by atoms with E-state index in [2.05, 4.69) is 4.98 Å². The summed E-state index contributed by atoms with van der Waals surface area (Å²) in [5, 5.41) is 9.23. The first-order valence-corrected chi connectivity index (χ1v) is 10.0. The van der Waals surface area contributed by atoms with Crippen molar-refractivity contribution in [3.63, 3.8) is 0 Å². The van der Waals surface area contributed by atoms with E-state index >= 15 is 0 Å². The SMILES string of the molecule is COc1cc2c(cc1OC)C(Sc1ccc(C)cc1)c1c(nc(N)c(C#N)c1N)O2. The number of pyridine rings is 1. The minimum atomic E-state index is -0.286. The van der Waals surface area contributed by atoms with Crippen molar-refractivity contribution in [1.82, 2.24) is 4.98 Å². The largest absolute Gasteiger partial charge is 0.493 e.